The molecule has 3 heteroatoms. The van der Waals surface area contributed by atoms with Crippen molar-refractivity contribution in [2.45, 2.75) is 64.9 Å². The van der Waals surface area contributed by atoms with Gasteiger partial charge in [-0.3, -0.25) is 9.59 Å². The molecule has 0 saturated heterocycles. The summed E-state index contributed by atoms with van der Waals surface area (Å²) in [5.41, 5.74) is 1.08. The summed E-state index contributed by atoms with van der Waals surface area (Å²) in [6.45, 7) is 14.3. The van der Waals surface area contributed by atoms with Gasteiger partial charge < -0.3 is 5.11 Å². The molecule has 4 rings (SSSR count). The lowest BCUT2D eigenvalue weighted by Crippen LogP contribution is -2.57. The molecule has 6 atom stereocenters. The van der Waals surface area contributed by atoms with Gasteiger partial charge in [-0.15, -0.1) is 0 Å². The molecular formula is C23H30O3. The van der Waals surface area contributed by atoms with Gasteiger partial charge in [-0.25, -0.2) is 0 Å². The van der Waals surface area contributed by atoms with Gasteiger partial charge >= 0.3 is 0 Å². The molecule has 0 heterocycles. The van der Waals surface area contributed by atoms with Crippen molar-refractivity contribution in [2.24, 2.45) is 28.6 Å². The standard InChI is InChI=1S/C23H30O3/c1-13-10-17-18(21(4)8-6-16(25)12-19(13)21)7-9-22(5)20(17)11-14(2)23(22,26)15(3)24/h12,17-18,20,26H,1-2,6-11H2,3-5H3. The highest BCUT2D eigenvalue weighted by Crippen LogP contribution is 2.69. The first-order chi connectivity index (χ1) is 12.1. The Balaban J connectivity index is 1.78. The van der Waals surface area contributed by atoms with Crippen molar-refractivity contribution in [1.82, 2.24) is 0 Å². The third-order valence-electron chi connectivity index (χ3n) is 8.63. The number of allylic oxidation sites excluding steroid dienone is 2. The average Bonchev–Trinajstić information content (AvgIpc) is 2.78. The molecule has 3 fully saturated rings. The molecule has 26 heavy (non-hydrogen) atoms. The lowest BCUT2D eigenvalue weighted by molar-refractivity contribution is -0.153. The number of hydrogen-bond acceptors (Lipinski definition) is 3. The summed E-state index contributed by atoms with van der Waals surface area (Å²) < 4.78 is 0. The fourth-order valence-corrected chi connectivity index (χ4v) is 7.18. The van der Waals surface area contributed by atoms with Gasteiger partial charge in [-0.05, 0) is 79.4 Å². The van der Waals surface area contributed by atoms with E-state index in [0.29, 0.717) is 23.8 Å². The SMILES string of the molecule is C=C1CC2C(CCC3(C)C2CC(=C)C3(O)C(C)=O)C2(C)CCC(=O)C=C12. The second kappa shape index (κ2) is 5.28. The fourth-order valence-electron chi connectivity index (χ4n) is 7.18. The van der Waals surface area contributed by atoms with Crippen LogP contribution in [0.25, 0.3) is 0 Å². The molecule has 0 aliphatic heterocycles. The van der Waals surface area contributed by atoms with Crippen molar-refractivity contribution in [1.29, 1.82) is 0 Å². The minimum atomic E-state index is -1.40. The van der Waals surface area contributed by atoms with Crippen LogP contribution in [0.3, 0.4) is 0 Å². The maximum Gasteiger partial charge on any atom is 0.166 e. The normalized spacial score (nSPS) is 47.8. The summed E-state index contributed by atoms with van der Waals surface area (Å²) in [7, 11) is 0. The minimum Gasteiger partial charge on any atom is -0.377 e. The number of ketones is 2. The van der Waals surface area contributed by atoms with Gasteiger partial charge in [-0.1, -0.05) is 32.6 Å². The molecule has 0 amide bonds. The number of carbonyl (C=O) groups is 2. The topological polar surface area (TPSA) is 54.4 Å². The van der Waals surface area contributed by atoms with E-state index >= 15 is 0 Å². The number of hydrogen-bond donors (Lipinski definition) is 1. The molecule has 6 unspecified atom stereocenters. The Kier molecular flexibility index (Phi) is 3.64. The first kappa shape index (κ1) is 17.9. The maximum absolute atomic E-state index is 12.4. The summed E-state index contributed by atoms with van der Waals surface area (Å²) in [5.74, 6) is 1.17. The maximum atomic E-state index is 12.4. The van der Waals surface area contributed by atoms with Gasteiger partial charge in [-0.2, -0.15) is 0 Å². The van der Waals surface area contributed by atoms with Crippen LogP contribution in [0.5, 0.6) is 0 Å². The van der Waals surface area contributed by atoms with E-state index in [2.05, 4.69) is 27.0 Å². The second-order valence-electron chi connectivity index (χ2n) is 9.66. The van der Waals surface area contributed by atoms with Gasteiger partial charge in [0.2, 0.25) is 0 Å². The Morgan fingerprint density at radius 2 is 1.88 bits per heavy atom. The number of Topliss-reactive ketones (excluding diaryl/α,β-unsaturated/α-hetero) is 1. The van der Waals surface area contributed by atoms with Crippen LogP contribution in [0, 0.1) is 28.6 Å². The van der Waals surface area contributed by atoms with E-state index < -0.39 is 11.0 Å². The van der Waals surface area contributed by atoms with Gasteiger partial charge in [0.05, 0.1) is 0 Å². The molecule has 140 valence electrons. The van der Waals surface area contributed by atoms with E-state index in [9.17, 15) is 14.7 Å². The number of carbonyl (C=O) groups excluding carboxylic acids is 2. The highest BCUT2D eigenvalue weighted by Gasteiger charge is 2.67. The number of aliphatic hydroxyl groups is 1. The molecule has 1 N–H and O–H groups in total. The van der Waals surface area contributed by atoms with Crippen LogP contribution in [0.1, 0.15) is 59.3 Å². The first-order valence-corrected chi connectivity index (χ1v) is 9.90. The highest BCUT2D eigenvalue weighted by molar-refractivity contribution is 5.92. The quantitative estimate of drug-likeness (QED) is 0.719. The third kappa shape index (κ3) is 1.93. The largest absolute Gasteiger partial charge is 0.377 e. The Hall–Kier alpha value is -1.48. The lowest BCUT2D eigenvalue weighted by Gasteiger charge is -2.59. The smallest absolute Gasteiger partial charge is 0.166 e. The van der Waals surface area contributed by atoms with Crippen molar-refractivity contribution in [3.05, 3.63) is 36.0 Å². The van der Waals surface area contributed by atoms with Crippen LogP contribution in [-0.4, -0.2) is 22.3 Å². The molecule has 4 aliphatic carbocycles. The zero-order valence-electron chi connectivity index (χ0n) is 16.2. The van der Waals surface area contributed by atoms with Crippen LogP contribution in [0.4, 0.5) is 0 Å². The Labute approximate surface area is 156 Å². The monoisotopic (exact) mass is 354 g/mol. The molecule has 3 saturated carbocycles. The Morgan fingerprint density at radius 1 is 1.19 bits per heavy atom. The van der Waals surface area contributed by atoms with Crippen LogP contribution in [0.15, 0.2) is 36.0 Å². The van der Waals surface area contributed by atoms with Gasteiger partial charge in [0.15, 0.2) is 11.6 Å². The molecule has 0 spiro atoms. The molecule has 0 radical (unpaired) electrons. The summed E-state index contributed by atoms with van der Waals surface area (Å²) >= 11 is 0. The molecule has 0 aromatic rings. The zero-order chi connectivity index (χ0) is 19.1. The van der Waals surface area contributed by atoms with Crippen LogP contribution in [-0.2, 0) is 9.59 Å². The van der Waals surface area contributed by atoms with Gasteiger partial charge in [0.1, 0.15) is 5.60 Å². The van der Waals surface area contributed by atoms with E-state index in [1.165, 1.54) is 6.92 Å². The highest BCUT2D eigenvalue weighted by atomic mass is 16.3. The van der Waals surface area contributed by atoms with E-state index in [4.69, 9.17) is 0 Å². The lowest BCUT2D eigenvalue weighted by atomic mass is 9.45. The summed E-state index contributed by atoms with van der Waals surface area (Å²) in [5, 5.41) is 11.4. The van der Waals surface area contributed by atoms with Crippen LogP contribution < -0.4 is 0 Å². The molecule has 0 aromatic carbocycles. The van der Waals surface area contributed by atoms with Crippen molar-refractivity contribution in [2.75, 3.05) is 0 Å². The summed E-state index contributed by atoms with van der Waals surface area (Å²) in [6, 6.07) is 0. The van der Waals surface area contributed by atoms with Crippen LogP contribution >= 0.6 is 0 Å². The van der Waals surface area contributed by atoms with Crippen molar-refractivity contribution in [3.8, 4) is 0 Å². The predicted octanol–water partition coefficient (Wildman–Crippen LogP) is 4.17. The van der Waals surface area contributed by atoms with Gasteiger partial charge in [0.25, 0.3) is 0 Å². The summed E-state index contributed by atoms with van der Waals surface area (Å²) in [4.78, 5) is 24.4. The molecule has 0 aromatic heterocycles. The second-order valence-corrected chi connectivity index (χ2v) is 9.66. The Bertz CT molecular complexity index is 774. The molecule has 0 bridgehead atoms. The fraction of sp³-hybridized carbons (Fsp3) is 0.652. The average molecular weight is 354 g/mol. The van der Waals surface area contributed by atoms with Crippen molar-refractivity contribution < 1.29 is 14.7 Å². The van der Waals surface area contributed by atoms with E-state index in [-0.39, 0.29) is 22.9 Å². The molecule has 3 nitrogen and oxygen atoms in total. The predicted molar refractivity (Wildman–Crippen MR) is 101 cm³/mol. The first-order valence-electron chi connectivity index (χ1n) is 9.90. The van der Waals surface area contributed by atoms with Crippen LogP contribution in [0.2, 0.25) is 0 Å². The summed E-state index contributed by atoms with van der Waals surface area (Å²) in [6.07, 6.45) is 6.74. The third-order valence-corrected chi connectivity index (χ3v) is 8.63. The number of rotatable bonds is 1. The van der Waals surface area contributed by atoms with Crippen molar-refractivity contribution >= 4 is 11.6 Å². The number of fused-ring (bicyclic) bond motifs is 5. The van der Waals surface area contributed by atoms with E-state index in [1.807, 2.05) is 6.08 Å². The minimum absolute atomic E-state index is 0.00645. The van der Waals surface area contributed by atoms with Gasteiger partial charge in [0, 0.05) is 11.8 Å². The molecule has 4 aliphatic rings. The Morgan fingerprint density at radius 3 is 2.54 bits per heavy atom. The zero-order valence-corrected chi connectivity index (χ0v) is 16.2. The molecular weight excluding hydrogens is 324 g/mol. The van der Waals surface area contributed by atoms with Crippen molar-refractivity contribution in [3.63, 3.8) is 0 Å². The van der Waals surface area contributed by atoms with E-state index in [1.54, 1.807) is 0 Å². The van der Waals surface area contributed by atoms with E-state index in [0.717, 1.165) is 43.3 Å².